The summed E-state index contributed by atoms with van der Waals surface area (Å²) in [5.74, 6) is 2.30. The molecule has 0 spiro atoms. The Balaban J connectivity index is 0.00000300. The highest BCUT2D eigenvalue weighted by molar-refractivity contribution is 14.0. The Morgan fingerprint density at radius 2 is 1.97 bits per heavy atom. The number of amides is 1. The summed E-state index contributed by atoms with van der Waals surface area (Å²) in [5, 5.41) is 6.52. The average molecular weight is 512 g/mol. The lowest BCUT2D eigenvalue weighted by Crippen LogP contribution is -2.36. The molecular formula is C20H25IN4O4. The van der Waals surface area contributed by atoms with Crippen molar-refractivity contribution >= 4 is 35.8 Å². The summed E-state index contributed by atoms with van der Waals surface area (Å²) in [5.41, 5.74) is 7.13. The van der Waals surface area contributed by atoms with Gasteiger partial charge in [-0.3, -0.25) is 4.79 Å². The van der Waals surface area contributed by atoms with Crippen molar-refractivity contribution in [3.05, 3.63) is 53.6 Å². The lowest BCUT2D eigenvalue weighted by Gasteiger charge is -2.12. The Kier molecular flexibility index (Phi) is 8.84. The molecule has 9 heteroatoms. The Labute approximate surface area is 186 Å². The number of fused-ring (bicyclic) bond motifs is 1. The lowest BCUT2D eigenvalue weighted by atomic mass is 10.2. The van der Waals surface area contributed by atoms with Gasteiger partial charge in [-0.25, -0.2) is 4.99 Å². The molecule has 0 radical (unpaired) electrons. The quantitative estimate of drug-likeness (QED) is 0.285. The summed E-state index contributed by atoms with van der Waals surface area (Å²) < 4.78 is 16.1. The zero-order chi connectivity index (χ0) is 19.8. The van der Waals surface area contributed by atoms with Gasteiger partial charge < -0.3 is 30.6 Å². The predicted octanol–water partition coefficient (Wildman–Crippen LogP) is 2.15. The molecule has 29 heavy (non-hydrogen) atoms. The molecule has 0 saturated heterocycles. The van der Waals surface area contributed by atoms with E-state index in [0.717, 1.165) is 29.2 Å². The van der Waals surface area contributed by atoms with E-state index in [-0.39, 0.29) is 37.4 Å². The van der Waals surface area contributed by atoms with E-state index in [1.165, 1.54) is 0 Å². The second-order valence-corrected chi connectivity index (χ2v) is 6.14. The highest BCUT2D eigenvalue weighted by atomic mass is 127. The minimum absolute atomic E-state index is 0. The smallest absolute Gasteiger partial charge is 0.255 e. The molecule has 1 amide bonds. The van der Waals surface area contributed by atoms with Crippen LogP contribution < -0.4 is 30.6 Å². The van der Waals surface area contributed by atoms with Crippen molar-refractivity contribution in [1.82, 2.24) is 10.6 Å². The third kappa shape index (κ3) is 7.00. The first-order chi connectivity index (χ1) is 13.6. The number of aliphatic imine (C=N–C) groups is 1. The first-order valence-electron chi connectivity index (χ1n) is 9.05. The van der Waals surface area contributed by atoms with Gasteiger partial charge in [-0.05, 0) is 42.3 Å². The average Bonchev–Trinajstić information content (AvgIpc) is 3.16. The Hall–Kier alpha value is -2.69. The van der Waals surface area contributed by atoms with E-state index < -0.39 is 5.91 Å². The maximum atomic E-state index is 10.8. The summed E-state index contributed by atoms with van der Waals surface area (Å²) in [6.07, 6.45) is 0. The van der Waals surface area contributed by atoms with E-state index in [9.17, 15) is 4.79 Å². The number of halogens is 1. The van der Waals surface area contributed by atoms with E-state index in [2.05, 4.69) is 15.6 Å². The lowest BCUT2D eigenvalue weighted by molar-refractivity contribution is -0.119. The zero-order valence-electron chi connectivity index (χ0n) is 16.1. The number of carbonyl (C=O) groups is 1. The first-order valence-corrected chi connectivity index (χ1v) is 9.05. The standard InChI is InChI=1S/C20H24N4O4.HI/c1-2-22-20(24-11-15-6-7-17-18(9-15)28-13-27-17)23-10-14-4-3-5-16(8-14)26-12-19(21)25;/h3-9H,2,10-13H2,1H3,(H2,21,25)(H2,22,23,24);1H. The minimum Gasteiger partial charge on any atom is -0.484 e. The van der Waals surface area contributed by atoms with Gasteiger partial charge in [-0.1, -0.05) is 18.2 Å². The fraction of sp³-hybridized carbons (Fsp3) is 0.300. The second-order valence-electron chi connectivity index (χ2n) is 6.14. The minimum atomic E-state index is -0.509. The number of primary amides is 1. The molecule has 0 aliphatic carbocycles. The zero-order valence-corrected chi connectivity index (χ0v) is 18.5. The van der Waals surface area contributed by atoms with Crippen molar-refractivity contribution in [3.63, 3.8) is 0 Å². The van der Waals surface area contributed by atoms with Crippen LogP contribution in [-0.4, -0.2) is 31.8 Å². The summed E-state index contributed by atoms with van der Waals surface area (Å²) in [4.78, 5) is 15.4. The number of hydrogen-bond donors (Lipinski definition) is 3. The van der Waals surface area contributed by atoms with Gasteiger partial charge in [0, 0.05) is 13.1 Å². The van der Waals surface area contributed by atoms with Crippen LogP contribution in [0.25, 0.3) is 0 Å². The van der Waals surface area contributed by atoms with Crippen LogP contribution in [0.5, 0.6) is 17.2 Å². The number of nitrogens with two attached hydrogens (primary N) is 1. The van der Waals surface area contributed by atoms with E-state index in [4.69, 9.17) is 19.9 Å². The second kappa shape index (κ2) is 11.3. The Morgan fingerprint density at radius 3 is 2.76 bits per heavy atom. The molecule has 156 valence electrons. The van der Waals surface area contributed by atoms with Crippen molar-refractivity contribution in [2.75, 3.05) is 19.9 Å². The molecule has 1 heterocycles. The van der Waals surface area contributed by atoms with Crippen LogP contribution in [0.3, 0.4) is 0 Å². The number of rotatable bonds is 8. The van der Waals surface area contributed by atoms with E-state index in [0.29, 0.717) is 24.8 Å². The van der Waals surface area contributed by atoms with Crippen LogP contribution in [0.15, 0.2) is 47.5 Å². The molecule has 0 aromatic heterocycles. The number of ether oxygens (including phenoxy) is 3. The topological polar surface area (TPSA) is 107 Å². The van der Waals surface area contributed by atoms with Crippen LogP contribution in [-0.2, 0) is 17.9 Å². The van der Waals surface area contributed by atoms with E-state index in [1.54, 1.807) is 6.07 Å². The normalized spacial score (nSPS) is 12.1. The van der Waals surface area contributed by atoms with Gasteiger partial charge in [-0.15, -0.1) is 24.0 Å². The van der Waals surface area contributed by atoms with Gasteiger partial charge in [0.1, 0.15) is 5.75 Å². The maximum Gasteiger partial charge on any atom is 0.255 e. The fourth-order valence-corrected chi connectivity index (χ4v) is 2.64. The predicted molar refractivity (Wildman–Crippen MR) is 121 cm³/mol. The van der Waals surface area contributed by atoms with Crippen LogP contribution in [0.2, 0.25) is 0 Å². The van der Waals surface area contributed by atoms with Crippen LogP contribution in [0.4, 0.5) is 0 Å². The fourth-order valence-electron chi connectivity index (χ4n) is 2.64. The molecule has 2 aromatic rings. The summed E-state index contributed by atoms with van der Waals surface area (Å²) >= 11 is 0. The van der Waals surface area contributed by atoms with Gasteiger partial charge in [0.2, 0.25) is 6.79 Å². The molecule has 0 bridgehead atoms. The number of carbonyl (C=O) groups excluding carboxylic acids is 1. The number of nitrogens with one attached hydrogen (secondary N) is 2. The molecule has 8 nitrogen and oxygen atoms in total. The van der Waals surface area contributed by atoms with Crippen LogP contribution >= 0.6 is 24.0 Å². The van der Waals surface area contributed by atoms with Crippen molar-refractivity contribution in [1.29, 1.82) is 0 Å². The van der Waals surface area contributed by atoms with Gasteiger partial charge in [0.15, 0.2) is 24.1 Å². The number of nitrogens with zero attached hydrogens (tertiary/aromatic N) is 1. The first kappa shape index (κ1) is 22.6. The summed E-state index contributed by atoms with van der Waals surface area (Å²) in [6.45, 7) is 3.93. The largest absolute Gasteiger partial charge is 0.484 e. The van der Waals surface area contributed by atoms with Crippen molar-refractivity contribution in [2.24, 2.45) is 10.7 Å². The van der Waals surface area contributed by atoms with E-state index >= 15 is 0 Å². The van der Waals surface area contributed by atoms with Crippen molar-refractivity contribution in [3.8, 4) is 17.2 Å². The Morgan fingerprint density at radius 1 is 1.14 bits per heavy atom. The highest BCUT2D eigenvalue weighted by Gasteiger charge is 2.13. The van der Waals surface area contributed by atoms with Crippen molar-refractivity contribution < 1.29 is 19.0 Å². The molecule has 0 fully saturated rings. The van der Waals surface area contributed by atoms with Gasteiger partial charge in [0.05, 0.1) is 6.54 Å². The summed E-state index contributed by atoms with van der Waals surface area (Å²) in [7, 11) is 0. The molecule has 2 aromatic carbocycles. The number of hydrogen-bond acceptors (Lipinski definition) is 5. The number of benzene rings is 2. The Bertz CT molecular complexity index is 860. The van der Waals surface area contributed by atoms with Gasteiger partial charge in [-0.2, -0.15) is 0 Å². The van der Waals surface area contributed by atoms with Gasteiger partial charge >= 0.3 is 0 Å². The van der Waals surface area contributed by atoms with Crippen LogP contribution in [0, 0.1) is 0 Å². The van der Waals surface area contributed by atoms with Crippen molar-refractivity contribution in [2.45, 2.75) is 20.0 Å². The summed E-state index contributed by atoms with van der Waals surface area (Å²) in [6, 6.07) is 13.3. The molecule has 1 aliphatic rings. The SMILES string of the molecule is CCNC(=NCc1cccc(OCC(N)=O)c1)NCc1ccc2c(c1)OCO2.I. The molecule has 0 saturated carbocycles. The third-order valence-electron chi connectivity index (χ3n) is 3.94. The van der Waals surface area contributed by atoms with Gasteiger partial charge in [0.25, 0.3) is 5.91 Å². The van der Waals surface area contributed by atoms with Crippen LogP contribution in [0.1, 0.15) is 18.1 Å². The number of guanidine groups is 1. The molecule has 1 aliphatic heterocycles. The molecule has 0 unspecified atom stereocenters. The maximum absolute atomic E-state index is 10.8. The third-order valence-corrected chi connectivity index (χ3v) is 3.94. The van der Waals surface area contributed by atoms with E-state index in [1.807, 2.05) is 43.3 Å². The molecular weight excluding hydrogens is 487 g/mol. The molecule has 4 N–H and O–H groups in total. The monoisotopic (exact) mass is 512 g/mol. The molecule has 3 rings (SSSR count). The molecule has 0 atom stereocenters. The highest BCUT2D eigenvalue weighted by Crippen LogP contribution is 2.32.